The van der Waals surface area contributed by atoms with Crippen LogP contribution in [0.2, 0.25) is 0 Å². The summed E-state index contributed by atoms with van der Waals surface area (Å²) in [5, 5.41) is 17.2. The van der Waals surface area contributed by atoms with E-state index in [-0.39, 0.29) is 12.0 Å². The van der Waals surface area contributed by atoms with Crippen LogP contribution in [0.25, 0.3) is 10.9 Å². The fourth-order valence-electron chi connectivity index (χ4n) is 3.29. The number of aliphatic imine (C=N–C) groups is 1. The molecule has 2 aromatic rings. The molecule has 0 radical (unpaired) electrons. The van der Waals surface area contributed by atoms with Crippen molar-refractivity contribution in [3.05, 3.63) is 42.1 Å². The second-order valence-corrected chi connectivity index (χ2v) is 6.55. The maximum atomic E-state index is 9.33. The lowest BCUT2D eigenvalue weighted by molar-refractivity contribution is 0.127. The fourth-order valence-corrected chi connectivity index (χ4v) is 3.29. The third-order valence-corrected chi connectivity index (χ3v) is 4.84. The van der Waals surface area contributed by atoms with Crippen molar-refractivity contribution in [3.63, 3.8) is 0 Å². The summed E-state index contributed by atoms with van der Waals surface area (Å²) in [4.78, 5) is 8.79. The number of nitrogens with one attached hydrogen (secondary N) is 2. The van der Waals surface area contributed by atoms with E-state index in [1.165, 1.54) is 0 Å². The van der Waals surface area contributed by atoms with Gasteiger partial charge < -0.3 is 20.5 Å². The average Bonchev–Trinajstić information content (AvgIpc) is 3.11. The molecule has 1 aromatic carbocycles. The first-order valence-electron chi connectivity index (χ1n) is 8.72. The molecule has 0 amide bonds. The largest absolute Gasteiger partial charge is 0.396 e. The van der Waals surface area contributed by atoms with E-state index < -0.39 is 0 Å². The van der Waals surface area contributed by atoms with Crippen molar-refractivity contribution < 1.29 is 9.84 Å². The van der Waals surface area contributed by atoms with Crippen LogP contribution in [-0.4, -0.2) is 49.5 Å². The van der Waals surface area contributed by atoms with Crippen LogP contribution in [0.3, 0.4) is 0 Å². The van der Waals surface area contributed by atoms with E-state index in [1.807, 2.05) is 18.3 Å². The van der Waals surface area contributed by atoms with Crippen molar-refractivity contribution in [2.24, 2.45) is 10.4 Å². The Kier molecular flexibility index (Phi) is 5.83. The van der Waals surface area contributed by atoms with E-state index in [0.29, 0.717) is 13.2 Å². The maximum absolute atomic E-state index is 9.33. The number of aromatic nitrogens is 1. The lowest BCUT2D eigenvalue weighted by Crippen LogP contribution is -2.44. The predicted molar refractivity (Wildman–Crippen MR) is 99.5 cm³/mol. The number of nitrogens with zero attached hydrogens (tertiary/aromatic N) is 2. The second-order valence-electron chi connectivity index (χ2n) is 6.55. The van der Waals surface area contributed by atoms with E-state index in [1.54, 1.807) is 7.05 Å². The van der Waals surface area contributed by atoms with Gasteiger partial charge in [0, 0.05) is 50.3 Å². The van der Waals surface area contributed by atoms with Crippen LogP contribution in [0.5, 0.6) is 0 Å². The van der Waals surface area contributed by atoms with Crippen molar-refractivity contribution >= 4 is 16.9 Å². The average molecular weight is 342 g/mol. The number of pyridine rings is 1. The lowest BCUT2D eigenvalue weighted by atomic mass is 9.84. The molecule has 3 N–H and O–H groups in total. The second kappa shape index (κ2) is 8.27. The molecule has 2 heterocycles. The molecule has 1 aromatic heterocycles. The van der Waals surface area contributed by atoms with Gasteiger partial charge in [-0.1, -0.05) is 24.3 Å². The summed E-state index contributed by atoms with van der Waals surface area (Å²) in [7, 11) is 1.76. The summed E-state index contributed by atoms with van der Waals surface area (Å²) in [6, 6.07) is 10.2. The molecular formula is C19H26N4O2. The van der Waals surface area contributed by atoms with Crippen LogP contribution < -0.4 is 10.6 Å². The lowest BCUT2D eigenvalue weighted by Gasteiger charge is -2.27. The van der Waals surface area contributed by atoms with Gasteiger partial charge in [-0.05, 0) is 24.5 Å². The zero-order chi connectivity index (χ0) is 17.5. The molecule has 1 atom stereocenters. The van der Waals surface area contributed by atoms with Gasteiger partial charge >= 0.3 is 0 Å². The Morgan fingerprint density at radius 2 is 2.20 bits per heavy atom. The molecule has 1 unspecified atom stereocenters. The van der Waals surface area contributed by atoms with Crippen molar-refractivity contribution in [1.82, 2.24) is 15.6 Å². The van der Waals surface area contributed by atoms with E-state index in [2.05, 4.69) is 38.8 Å². The van der Waals surface area contributed by atoms with Crippen LogP contribution in [-0.2, 0) is 11.3 Å². The molecular weight excluding hydrogens is 316 g/mol. The fraction of sp³-hybridized carbons (Fsp3) is 0.474. The van der Waals surface area contributed by atoms with Crippen molar-refractivity contribution in [2.45, 2.75) is 19.4 Å². The van der Waals surface area contributed by atoms with Gasteiger partial charge in [0.05, 0.1) is 12.1 Å². The Balaban J connectivity index is 1.61. The first kappa shape index (κ1) is 17.6. The van der Waals surface area contributed by atoms with Gasteiger partial charge in [0.25, 0.3) is 0 Å². The first-order chi connectivity index (χ1) is 12.3. The number of fused-ring (bicyclic) bond motifs is 1. The predicted octanol–water partition coefficient (Wildman–Crippen LogP) is 1.69. The minimum absolute atomic E-state index is 0.00658. The Hall–Kier alpha value is -2.18. The molecule has 0 saturated carbocycles. The number of benzene rings is 1. The maximum Gasteiger partial charge on any atom is 0.191 e. The smallest absolute Gasteiger partial charge is 0.191 e. The number of aliphatic hydroxyl groups excluding tert-OH is 1. The molecule has 3 rings (SSSR count). The minimum atomic E-state index is -0.00658. The van der Waals surface area contributed by atoms with E-state index in [9.17, 15) is 5.11 Å². The summed E-state index contributed by atoms with van der Waals surface area (Å²) in [5.41, 5.74) is 2.14. The summed E-state index contributed by atoms with van der Waals surface area (Å²) in [6.45, 7) is 3.01. The summed E-state index contributed by atoms with van der Waals surface area (Å²) in [6.07, 6.45) is 3.52. The van der Waals surface area contributed by atoms with E-state index >= 15 is 0 Å². The van der Waals surface area contributed by atoms with Gasteiger partial charge in [-0.3, -0.25) is 9.98 Å². The monoisotopic (exact) mass is 342 g/mol. The van der Waals surface area contributed by atoms with Gasteiger partial charge in [0.1, 0.15) is 0 Å². The van der Waals surface area contributed by atoms with E-state index in [0.717, 1.165) is 48.4 Å². The Bertz CT molecular complexity index is 721. The highest BCUT2D eigenvalue weighted by Gasteiger charge is 2.34. The molecule has 134 valence electrons. The number of rotatable bonds is 6. The molecule has 1 aliphatic heterocycles. The van der Waals surface area contributed by atoms with Gasteiger partial charge in [0.2, 0.25) is 0 Å². The molecule has 1 aliphatic rings. The Labute approximate surface area is 148 Å². The number of hydrogen-bond donors (Lipinski definition) is 3. The topological polar surface area (TPSA) is 78.8 Å². The minimum Gasteiger partial charge on any atom is -0.396 e. The molecule has 0 bridgehead atoms. The molecule has 1 saturated heterocycles. The first-order valence-corrected chi connectivity index (χ1v) is 8.72. The molecule has 25 heavy (non-hydrogen) atoms. The van der Waals surface area contributed by atoms with Crippen molar-refractivity contribution in [2.75, 3.05) is 33.4 Å². The molecule has 0 aliphatic carbocycles. The number of ether oxygens (including phenoxy) is 1. The van der Waals surface area contributed by atoms with Crippen LogP contribution in [0.4, 0.5) is 0 Å². The van der Waals surface area contributed by atoms with Crippen molar-refractivity contribution in [1.29, 1.82) is 0 Å². The molecule has 6 heteroatoms. The van der Waals surface area contributed by atoms with Gasteiger partial charge in [-0.2, -0.15) is 0 Å². The Morgan fingerprint density at radius 1 is 1.32 bits per heavy atom. The number of para-hydroxylation sites is 1. The normalized spacial score (nSPS) is 20.8. The van der Waals surface area contributed by atoms with Gasteiger partial charge in [-0.15, -0.1) is 0 Å². The summed E-state index contributed by atoms with van der Waals surface area (Å²) in [5.74, 6) is 0.747. The number of hydrogen-bond acceptors (Lipinski definition) is 4. The SMILES string of the molecule is CN=C(NCc1cccc2cccnc12)NCC1(CCO)CCOC1. The highest BCUT2D eigenvalue weighted by Crippen LogP contribution is 2.31. The zero-order valence-electron chi connectivity index (χ0n) is 14.7. The zero-order valence-corrected chi connectivity index (χ0v) is 14.7. The third-order valence-electron chi connectivity index (χ3n) is 4.84. The highest BCUT2D eigenvalue weighted by atomic mass is 16.5. The quantitative estimate of drug-likeness (QED) is 0.550. The molecule has 0 spiro atoms. The standard InChI is InChI=1S/C19H26N4O2/c1-20-18(23-13-19(7-10-24)8-11-25-14-19)22-12-16-5-2-4-15-6-3-9-21-17(15)16/h2-6,9,24H,7-8,10-14H2,1H3,(H2,20,22,23). The Morgan fingerprint density at radius 3 is 2.96 bits per heavy atom. The summed E-state index contributed by atoms with van der Waals surface area (Å²) >= 11 is 0. The van der Waals surface area contributed by atoms with Crippen LogP contribution in [0, 0.1) is 5.41 Å². The number of guanidine groups is 1. The summed E-state index contributed by atoms with van der Waals surface area (Å²) < 4.78 is 5.54. The number of aliphatic hydroxyl groups is 1. The van der Waals surface area contributed by atoms with Crippen LogP contribution in [0.1, 0.15) is 18.4 Å². The van der Waals surface area contributed by atoms with E-state index in [4.69, 9.17) is 4.74 Å². The third kappa shape index (κ3) is 4.27. The highest BCUT2D eigenvalue weighted by molar-refractivity contribution is 5.83. The van der Waals surface area contributed by atoms with Crippen molar-refractivity contribution in [3.8, 4) is 0 Å². The van der Waals surface area contributed by atoms with Gasteiger partial charge in [-0.25, -0.2) is 0 Å². The molecule has 6 nitrogen and oxygen atoms in total. The van der Waals surface area contributed by atoms with Crippen LogP contribution in [0.15, 0.2) is 41.5 Å². The van der Waals surface area contributed by atoms with Crippen LogP contribution >= 0.6 is 0 Å². The molecule has 1 fully saturated rings. The van der Waals surface area contributed by atoms with Gasteiger partial charge in [0.15, 0.2) is 5.96 Å².